The number of nitrogens with zero attached hydrogens (tertiary/aromatic N) is 2. The number of anilines is 1. The van der Waals surface area contributed by atoms with E-state index in [1.54, 1.807) is 36.9 Å². The van der Waals surface area contributed by atoms with Gasteiger partial charge in [-0.05, 0) is 40.9 Å². The molecule has 5 nitrogen and oxygen atoms in total. The van der Waals surface area contributed by atoms with Gasteiger partial charge in [0.15, 0.2) is 9.84 Å². The molecule has 0 aliphatic heterocycles. The van der Waals surface area contributed by atoms with Crippen molar-refractivity contribution in [2.24, 2.45) is 7.05 Å². The summed E-state index contributed by atoms with van der Waals surface area (Å²) in [6.45, 7) is 3.77. The number of sulfone groups is 1. The van der Waals surface area contributed by atoms with Crippen molar-refractivity contribution in [3.8, 4) is 0 Å². The van der Waals surface area contributed by atoms with Crippen LogP contribution >= 0.6 is 15.9 Å². The van der Waals surface area contributed by atoms with Crippen LogP contribution in [0, 0.1) is 6.92 Å². The molecule has 2 N–H and O–H groups in total. The first-order valence-corrected chi connectivity index (χ1v) is 9.00. The summed E-state index contributed by atoms with van der Waals surface area (Å²) < 4.78 is 27.6. The summed E-state index contributed by atoms with van der Waals surface area (Å²) in [7, 11) is -1.78. The highest BCUT2D eigenvalue weighted by Crippen LogP contribution is 2.29. The number of aryl methyl sites for hydroxylation is 3. The predicted molar refractivity (Wildman–Crippen MR) is 86.8 cm³/mol. The van der Waals surface area contributed by atoms with Crippen molar-refractivity contribution in [3.63, 3.8) is 0 Å². The first kappa shape index (κ1) is 16.0. The molecule has 7 heteroatoms. The van der Waals surface area contributed by atoms with Crippen molar-refractivity contribution in [3.05, 3.63) is 39.6 Å². The zero-order valence-corrected chi connectivity index (χ0v) is 14.6. The molecular formula is C14H18BrN3O2S. The van der Waals surface area contributed by atoms with Crippen LogP contribution in [-0.2, 0) is 29.1 Å². The van der Waals surface area contributed by atoms with Crippen LogP contribution in [0.5, 0.6) is 0 Å². The summed E-state index contributed by atoms with van der Waals surface area (Å²) >= 11 is 3.44. The highest BCUT2D eigenvalue weighted by atomic mass is 79.9. The van der Waals surface area contributed by atoms with E-state index in [0.717, 1.165) is 22.2 Å². The Balaban J connectivity index is 2.48. The second kappa shape index (κ2) is 5.81. The summed E-state index contributed by atoms with van der Waals surface area (Å²) in [5.41, 5.74) is 8.47. The molecule has 2 rings (SSSR count). The van der Waals surface area contributed by atoms with Crippen LogP contribution in [0.2, 0.25) is 0 Å². The van der Waals surface area contributed by atoms with Gasteiger partial charge in [-0.1, -0.05) is 19.1 Å². The van der Waals surface area contributed by atoms with Gasteiger partial charge < -0.3 is 5.73 Å². The molecule has 114 valence electrons. The van der Waals surface area contributed by atoms with E-state index in [9.17, 15) is 8.42 Å². The molecule has 0 spiro atoms. The zero-order chi connectivity index (χ0) is 15.8. The van der Waals surface area contributed by atoms with E-state index in [1.165, 1.54) is 0 Å². The maximum absolute atomic E-state index is 12.6. The molecule has 0 fully saturated rings. The lowest BCUT2D eigenvalue weighted by Crippen LogP contribution is -2.11. The van der Waals surface area contributed by atoms with Crippen molar-refractivity contribution in [2.75, 3.05) is 5.73 Å². The Bertz CT molecular complexity index is 782. The van der Waals surface area contributed by atoms with E-state index in [2.05, 4.69) is 21.0 Å². The summed E-state index contributed by atoms with van der Waals surface area (Å²) in [6, 6.07) is 5.04. The quantitative estimate of drug-likeness (QED) is 0.837. The van der Waals surface area contributed by atoms with Crippen LogP contribution in [-0.4, -0.2) is 18.2 Å². The number of hydrogen-bond donors (Lipinski definition) is 1. The Labute approximate surface area is 133 Å². The van der Waals surface area contributed by atoms with Gasteiger partial charge >= 0.3 is 0 Å². The van der Waals surface area contributed by atoms with Crippen molar-refractivity contribution in [2.45, 2.75) is 30.9 Å². The maximum atomic E-state index is 12.6. The average Bonchev–Trinajstić information content (AvgIpc) is 2.68. The molecule has 0 saturated heterocycles. The normalized spacial score (nSPS) is 11.8. The molecule has 0 saturated carbocycles. The Morgan fingerprint density at radius 3 is 2.62 bits per heavy atom. The van der Waals surface area contributed by atoms with Crippen LogP contribution in [0.4, 0.5) is 5.69 Å². The third-order valence-electron chi connectivity index (χ3n) is 3.45. The van der Waals surface area contributed by atoms with Crippen molar-refractivity contribution in [1.29, 1.82) is 0 Å². The number of rotatable bonds is 4. The van der Waals surface area contributed by atoms with Gasteiger partial charge in [0.05, 0.1) is 32.2 Å². The topological polar surface area (TPSA) is 78.0 Å². The second-order valence-corrected chi connectivity index (χ2v) is 7.68. The first-order chi connectivity index (χ1) is 9.77. The first-order valence-electron chi connectivity index (χ1n) is 6.56. The van der Waals surface area contributed by atoms with Gasteiger partial charge in [0.2, 0.25) is 0 Å². The molecule has 0 aliphatic rings. The number of nitrogens with two attached hydrogens (primary N) is 1. The van der Waals surface area contributed by atoms with Gasteiger partial charge in [-0.15, -0.1) is 0 Å². The molecule has 0 amide bonds. The van der Waals surface area contributed by atoms with Crippen molar-refractivity contribution < 1.29 is 8.42 Å². The minimum atomic E-state index is -3.52. The predicted octanol–water partition coefficient (Wildman–Crippen LogP) is 2.61. The average molecular weight is 372 g/mol. The number of aromatic nitrogens is 2. The van der Waals surface area contributed by atoms with Crippen molar-refractivity contribution >= 4 is 31.5 Å². The fourth-order valence-corrected chi connectivity index (χ4v) is 4.73. The fraction of sp³-hybridized carbons (Fsp3) is 0.357. The van der Waals surface area contributed by atoms with Crippen LogP contribution in [0.25, 0.3) is 0 Å². The van der Waals surface area contributed by atoms with Gasteiger partial charge in [-0.2, -0.15) is 5.10 Å². The molecule has 1 aromatic heterocycles. The SMILES string of the molecule is CCc1nn(C)c(CS(=O)(=O)c2cccc(C)c2N)c1Br. The van der Waals surface area contributed by atoms with E-state index >= 15 is 0 Å². The molecule has 0 bridgehead atoms. The summed E-state index contributed by atoms with van der Waals surface area (Å²) in [5, 5.41) is 4.32. The maximum Gasteiger partial charge on any atom is 0.186 e. The van der Waals surface area contributed by atoms with Crippen LogP contribution in [0.1, 0.15) is 23.9 Å². The van der Waals surface area contributed by atoms with Crippen LogP contribution in [0.3, 0.4) is 0 Å². The molecule has 0 radical (unpaired) electrons. The number of para-hydroxylation sites is 1. The third kappa shape index (κ3) is 2.98. The highest BCUT2D eigenvalue weighted by Gasteiger charge is 2.24. The van der Waals surface area contributed by atoms with Crippen LogP contribution in [0.15, 0.2) is 27.6 Å². The summed E-state index contributed by atoms with van der Waals surface area (Å²) in [5.74, 6) is -0.134. The van der Waals surface area contributed by atoms with E-state index in [4.69, 9.17) is 5.73 Å². The lowest BCUT2D eigenvalue weighted by molar-refractivity contribution is 0.592. The lowest BCUT2D eigenvalue weighted by Gasteiger charge is -2.10. The summed E-state index contributed by atoms with van der Waals surface area (Å²) in [6.07, 6.45) is 0.737. The standard InChI is InChI=1S/C14H18BrN3O2S/c1-4-10-13(15)11(18(3)17-10)8-21(19,20)12-7-5-6-9(2)14(12)16/h5-7H,4,8,16H2,1-3H3. The Morgan fingerprint density at radius 2 is 2.05 bits per heavy atom. The largest absolute Gasteiger partial charge is 0.397 e. The van der Waals surface area contributed by atoms with Gasteiger partial charge in [0.1, 0.15) is 0 Å². The minimum Gasteiger partial charge on any atom is -0.397 e. The van der Waals surface area contributed by atoms with Crippen molar-refractivity contribution in [1.82, 2.24) is 9.78 Å². The second-order valence-electron chi connectivity index (χ2n) is 4.93. The number of benzene rings is 1. The number of nitrogen functional groups attached to an aromatic ring is 1. The Kier molecular flexibility index (Phi) is 4.43. The third-order valence-corrected chi connectivity index (χ3v) is 6.04. The van der Waals surface area contributed by atoms with Crippen LogP contribution < -0.4 is 5.73 Å². The molecular weight excluding hydrogens is 354 g/mol. The zero-order valence-electron chi connectivity index (χ0n) is 12.2. The molecule has 1 heterocycles. The molecule has 2 aromatic rings. The highest BCUT2D eigenvalue weighted by molar-refractivity contribution is 9.10. The molecule has 0 atom stereocenters. The van der Waals surface area contributed by atoms with E-state index in [0.29, 0.717) is 11.4 Å². The molecule has 21 heavy (non-hydrogen) atoms. The van der Waals surface area contributed by atoms with E-state index in [1.807, 2.05) is 6.92 Å². The monoisotopic (exact) mass is 371 g/mol. The lowest BCUT2D eigenvalue weighted by atomic mass is 10.2. The Morgan fingerprint density at radius 1 is 1.38 bits per heavy atom. The fourth-order valence-electron chi connectivity index (χ4n) is 2.16. The summed E-state index contributed by atoms with van der Waals surface area (Å²) in [4.78, 5) is 0.175. The van der Waals surface area contributed by atoms with E-state index in [-0.39, 0.29) is 10.6 Å². The minimum absolute atomic E-state index is 0.134. The molecule has 0 aliphatic carbocycles. The van der Waals surface area contributed by atoms with Gasteiger partial charge in [-0.3, -0.25) is 4.68 Å². The van der Waals surface area contributed by atoms with Gasteiger partial charge in [-0.25, -0.2) is 8.42 Å². The van der Waals surface area contributed by atoms with E-state index < -0.39 is 9.84 Å². The molecule has 0 unspecified atom stereocenters. The van der Waals surface area contributed by atoms with Gasteiger partial charge in [0.25, 0.3) is 0 Å². The number of hydrogen-bond acceptors (Lipinski definition) is 4. The number of halogens is 1. The smallest absolute Gasteiger partial charge is 0.186 e. The van der Waals surface area contributed by atoms with Gasteiger partial charge in [0, 0.05) is 7.05 Å². The molecule has 1 aromatic carbocycles. The Hall–Kier alpha value is -1.34.